The van der Waals surface area contributed by atoms with E-state index in [1.807, 2.05) is 11.8 Å². The van der Waals surface area contributed by atoms with Gasteiger partial charge >= 0.3 is 0 Å². The molecule has 2 heteroatoms. The summed E-state index contributed by atoms with van der Waals surface area (Å²) in [5.41, 5.74) is 10.8. The lowest BCUT2D eigenvalue weighted by atomic mass is 9.34. The van der Waals surface area contributed by atoms with E-state index < -0.39 is 0 Å². The van der Waals surface area contributed by atoms with Gasteiger partial charge in [0.15, 0.2) is 0 Å². The van der Waals surface area contributed by atoms with E-state index in [-0.39, 0.29) is 6.71 Å². The molecule has 3 rings (SSSR count). The molecule has 0 heterocycles. The van der Waals surface area contributed by atoms with E-state index >= 15 is 0 Å². The van der Waals surface area contributed by atoms with Crippen molar-refractivity contribution in [3.63, 3.8) is 0 Å². The maximum atomic E-state index is 2.29. The van der Waals surface area contributed by atoms with Gasteiger partial charge < -0.3 is 0 Å². The maximum absolute atomic E-state index is 2.29. The highest BCUT2D eigenvalue weighted by Gasteiger charge is 2.26. The Balaban J connectivity index is 2.24. The fourth-order valence-electron chi connectivity index (χ4n) is 3.73. The Kier molecular flexibility index (Phi) is 6.85. The summed E-state index contributed by atoms with van der Waals surface area (Å²) >= 11 is 1.89. The van der Waals surface area contributed by atoms with Gasteiger partial charge in [0.05, 0.1) is 0 Å². The predicted molar refractivity (Wildman–Crippen MR) is 130 cm³/mol. The Morgan fingerprint density at radius 2 is 1.07 bits per heavy atom. The third-order valence-corrected chi connectivity index (χ3v) is 6.01. The van der Waals surface area contributed by atoms with Crippen molar-refractivity contribution in [2.45, 2.75) is 27.7 Å². The van der Waals surface area contributed by atoms with E-state index in [1.54, 1.807) is 0 Å². The first-order valence-corrected chi connectivity index (χ1v) is 11.3. The molecule has 0 saturated heterocycles. The van der Waals surface area contributed by atoms with Crippen LogP contribution < -0.4 is 10.9 Å². The van der Waals surface area contributed by atoms with Crippen LogP contribution in [0.2, 0.25) is 0 Å². The van der Waals surface area contributed by atoms with E-state index in [2.05, 4.69) is 107 Å². The van der Waals surface area contributed by atoms with Crippen molar-refractivity contribution in [2.75, 3.05) is 12.0 Å². The first kappa shape index (κ1) is 20.5. The number of aryl methyl sites for hydroxylation is 3. The highest BCUT2D eigenvalue weighted by atomic mass is 32.2. The van der Waals surface area contributed by atoms with Crippen LogP contribution >= 0.6 is 11.8 Å². The van der Waals surface area contributed by atoms with Crippen LogP contribution in [0.4, 0.5) is 0 Å². The molecule has 28 heavy (non-hydrogen) atoms. The Morgan fingerprint density at radius 3 is 1.46 bits per heavy atom. The van der Waals surface area contributed by atoms with Gasteiger partial charge in [-0.3, -0.25) is 0 Å². The van der Waals surface area contributed by atoms with Gasteiger partial charge in [-0.25, -0.2) is 0 Å². The average Bonchev–Trinajstić information content (AvgIpc) is 2.69. The molecule has 0 amide bonds. The predicted octanol–water partition coefficient (Wildman–Crippen LogP) is 5.60. The van der Waals surface area contributed by atoms with E-state index in [0.29, 0.717) is 0 Å². The van der Waals surface area contributed by atoms with Crippen LogP contribution in [-0.2, 0) is 0 Å². The van der Waals surface area contributed by atoms with Gasteiger partial charge in [0.1, 0.15) is 0 Å². The lowest BCUT2D eigenvalue weighted by Gasteiger charge is -2.23. The number of hydrogen-bond donors (Lipinski definition) is 0. The van der Waals surface area contributed by atoms with Crippen LogP contribution in [0.1, 0.15) is 29.2 Å². The molecule has 0 N–H and O–H groups in total. The normalized spacial score (nSPS) is 11.9. The van der Waals surface area contributed by atoms with Gasteiger partial charge in [-0.1, -0.05) is 111 Å². The Morgan fingerprint density at radius 1 is 0.679 bits per heavy atom. The quantitative estimate of drug-likeness (QED) is 0.499. The second-order valence-corrected chi connectivity index (χ2v) is 8.61. The van der Waals surface area contributed by atoms with E-state index in [4.69, 9.17) is 0 Å². The zero-order valence-electron chi connectivity index (χ0n) is 17.6. The zero-order valence-corrected chi connectivity index (χ0v) is 18.4. The summed E-state index contributed by atoms with van der Waals surface area (Å²) in [4.78, 5) is 0. The lowest BCUT2D eigenvalue weighted by Crippen LogP contribution is -2.44. The molecule has 0 spiro atoms. The molecule has 0 aliphatic heterocycles. The minimum Gasteiger partial charge on any atom is -0.161 e. The van der Waals surface area contributed by atoms with Crippen molar-refractivity contribution in [1.82, 2.24) is 0 Å². The van der Waals surface area contributed by atoms with Crippen molar-refractivity contribution in [2.24, 2.45) is 0 Å². The SMILES string of the molecule is CSC/C(C)=C(\B(c1ccc(C)cc1)c1ccc(C)cc1)c1ccc(C)cc1. The van der Waals surface area contributed by atoms with Crippen molar-refractivity contribution >= 4 is 34.9 Å². The van der Waals surface area contributed by atoms with Crippen LogP contribution in [0.3, 0.4) is 0 Å². The fraction of sp³-hybridized carbons (Fsp3) is 0.231. The van der Waals surface area contributed by atoms with E-state index in [1.165, 1.54) is 44.2 Å². The summed E-state index contributed by atoms with van der Waals surface area (Å²) in [5, 5.41) is 0. The number of thioether (sulfide) groups is 1. The van der Waals surface area contributed by atoms with Crippen LogP contribution in [0.5, 0.6) is 0 Å². The molecule has 0 unspecified atom stereocenters. The molecule has 0 bridgehead atoms. The molecule has 0 nitrogen and oxygen atoms in total. The largest absolute Gasteiger partial charge is 0.241 e. The maximum Gasteiger partial charge on any atom is 0.241 e. The Bertz CT molecular complexity index is 890. The molecule has 0 fully saturated rings. The molecule has 0 atom stereocenters. The highest BCUT2D eigenvalue weighted by Crippen LogP contribution is 2.25. The highest BCUT2D eigenvalue weighted by molar-refractivity contribution is 7.98. The van der Waals surface area contributed by atoms with Gasteiger partial charge in [0.25, 0.3) is 0 Å². The van der Waals surface area contributed by atoms with Crippen molar-refractivity contribution in [1.29, 1.82) is 0 Å². The molecular formula is C26H29BS. The summed E-state index contributed by atoms with van der Waals surface area (Å²) in [5.74, 6) is 1.04. The van der Waals surface area contributed by atoms with E-state index in [0.717, 1.165) is 5.75 Å². The molecule has 142 valence electrons. The summed E-state index contributed by atoms with van der Waals surface area (Å²) in [6.07, 6.45) is 2.18. The molecule has 0 aliphatic rings. The van der Waals surface area contributed by atoms with Gasteiger partial charge in [0.2, 0.25) is 6.71 Å². The van der Waals surface area contributed by atoms with Gasteiger partial charge in [-0.15, -0.1) is 0 Å². The summed E-state index contributed by atoms with van der Waals surface area (Å²) in [7, 11) is 0. The molecule has 0 saturated carbocycles. The first-order valence-electron chi connectivity index (χ1n) is 9.88. The minimum absolute atomic E-state index is 0.232. The van der Waals surface area contributed by atoms with Gasteiger partial charge in [-0.2, -0.15) is 11.8 Å². The second-order valence-electron chi connectivity index (χ2n) is 7.75. The Hall–Kier alpha value is -2.19. The molecular weight excluding hydrogens is 355 g/mol. The molecule has 3 aromatic rings. The molecule has 0 aromatic heterocycles. The van der Waals surface area contributed by atoms with E-state index in [9.17, 15) is 0 Å². The standard InChI is InChI=1S/C26H29BS/c1-19-6-12-23(13-7-19)26(22(4)18-28-5)27(24-14-8-20(2)9-15-24)25-16-10-21(3)11-17-25/h6-17H,18H2,1-5H3/b26-22-. The van der Waals surface area contributed by atoms with Crippen LogP contribution in [0.15, 0.2) is 78.4 Å². The number of hydrogen-bond acceptors (Lipinski definition) is 1. The molecule has 0 radical (unpaired) electrons. The third-order valence-electron chi connectivity index (χ3n) is 5.29. The van der Waals surface area contributed by atoms with Gasteiger partial charge in [0, 0.05) is 5.75 Å². The first-order chi connectivity index (χ1) is 13.5. The third kappa shape index (κ3) is 4.80. The monoisotopic (exact) mass is 384 g/mol. The van der Waals surface area contributed by atoms with Crippen molar-refractivity contribution in [3.8, 4) is 0 Å². The smallest absolute Gasteiger partial charge is 0.161 e. The topological polar surface area (TPSA) is 0 Å². The lowest BCUT2D eigenvalue weighted by molar-refractivity contribution is 1.40. The summed E-state index contributed by atoms with van der Waals surface area (Å²) in [6.45, 7) is 8.98. The van der Waals surface area contributed by atoms with Crippen LogP contribution in [0, 0.1) is 20.8 Å². The van der Waals surface area contributed by atoms with Crippen LogP contribution in [0.25, 0.3) is 5.47 Å². The summed E-state index contributed by atoms with van der Waals surface area (Å²) in [6, 6.07) is 27.1. The fourth-order valence-corrected chi connectivity index (χ4v) is 4.32. The van der Waals surface area contributed by atoms with Crippen molar-refractivity contribution < 1.29 is 0 Å². The second kappa shape index (κ2) is 9.34. The molecule has 0 aliphatic carbocycles. The Labute approximate surface area is 175 Å². The van der Waals surface area contributed by atoms with Crippen LogP contribution in [-0.4, -0.2) is 18.7 Å². The minimum atomic E-state index is 0.232. The number of rotatable bonds is 6. The zero-order chi connectivity index (χ0) is 20.1. The van der Waals surface area contributed by atoms with Gasteiger partial charge in [-0.05, 0) is 39.5 Å². The average molecular weight is 384 g/mol. The summed E-state index contributed by atoms with van der Waals surface area (Å²) < 4.78 is 0. The molecule has 3 aromatic carbocycles. The number of benzene rings is 3. The van der Waals surface area contributed by atoms with Crippen molar-refractivity contribution in [3.05, 3.63) is 101 Å².